The van der Waals surface area contributed by atoms with Gasteiger partial charge in [0.05, 0.1) is 12.7 Å². The Morgan fingerprint density at radius 1 is 1.25 bits per heavy atom. The predicted molar refractivity (Wildman–Crippen MR) is 66.7 cm³/mol. The van der Waals surface area contributed by atoms with Gasteiger partial charge in [0, 0.05) is 24.7 Å². The molecule has 2 atom stereocenters. The van der Waals surface area contributed by atoms with Gasteiger partial charge in [0.15, 0.2) is 0 Å². The summed E-state index contributed by atoms with van der Waals surface area (Å²) in [5, 5.41) is 3.69. The number of ether oxygens (including phenoxy) is 1. The lowest BCUT2D eigenvalue weighted by molar-refractivity contribution is 0.0497. The van der Waals surface area contributed by atoms with Gasteiger partial charge in [-0.1, -0.05) is 0 Å². The molecule has 2 fully saturated rings. The SMILES string of the molecule is CC(C)OCCN(C)C1CC2CCC(C1)N2. The second kappa shape index (κ2) is 5.48. The summed E-state index contributed by atoms with van der Waals surface area (Å²) in [5.74, 6) is 0. The minimum atomic E-state index is 0.359. The number of hydrogen-bond acceptors (Lipinski definition) is 3. The van der Waals surface area contributed by atoms with E-state index in [2.05, 4.69) is 31.1 Å². The minimum absolute atomic E-state index is 0.359. The fraction of sp³-hybridized carbons (Fsp3) is 1.00. The fourth-order valence-electron chi connectivity index (χ4n) is 3.00. The van der Waals surface area contributed by atoms with E-state index in [-0.39, 0.29) is 0 Å². The third-order valence-corrected chi connectivity index (χ3v) is 3.97. The molecule has 3 nitrogen and oxygen atoms in total. The van der Waals surface area contributed by atoms with Crippen LogP contribution in [0.4, 0.5) is 0 Å². The molecule has 0 radical (unpaired) electrons. The van der Waals surface area contributed by atoms with Crippen LogP contribution < -0.4 is 5.32 Å². The summed E-state index contributed by atoms with van der Waals surface area (Å²) in [4.78, 5) is 2.49. The van der Waals surface area contributed by atoms with E-state index in [0.717, 1.165) is 31.3 Å². The van der Waals surface area contributed by atoms with Crippen molar-refractivity contribution in [2.75, 3.05) is 20.2 Å². The number of nitrogens with one attached hydrogen (secondary N) is 1. The first-order chi connectivity index (χ1) is 7.65. The van der Waals surface area contributed by atoms with Gasteiger partial charge in [-0.15, -0.1) is 0 Å². The molecule has 0 aliphatic carbocycles. The van der Waals surface area contributed by atoms with Crippen molar-refractivity contribution >= 4 is 0 Å². The molecular weight excluding hydrogens is 200 g/mol. The monoisotopic (exact) mass is 226 g/mol. The average molecular weight is 226 g/mol. The van der Waals surface area contributed by atoms with E-state index in [0.29, 0.717) is 6.10 Å². The van der Waals surface area contributed by atoms with Crippen molar-refractivity contribution in [2.24, 2.45) is 0 Å². The highest BCUT2D eigenvalue weighted by molar-refractivity contribution is 4.95. The number of fused-ring (bicyclic) bond motifs is 2. The van der Waals surface area contributed by atoms with Crippen molar-refractivity contribution in [1.82, 2.24) is 10.2 Å². The van der Waals surface area contributed by atoms with Gasteiger partial charge in [0.25, 0.3) is 0 Å². The molecule has 0 amide bonds. The molecule has 0 spiro atoms. The van der Waals surface area contributed by atoms with Crippen molar-refractivity contribution in [3.05, 3.63) is 0 Å². The largest absolute Gasteiger partial charge is 0.377 e. The first-order valence-corrected chi connectivity index (χ1v) is 6.73. The Bertz CT molecular complexity index is 208. The maximum absolute atomic E-state index is 5.62. The van der Waals surface area contributed by atoms with Crippen molar-refractivity contribution in [2.45, 2.75) is 63.8 Å². The number of nitrogens with zero attached hydrogens (tertiary/aromatic N) is 1. The van der Waals surface area contributed by atoms with Crippen LogP contribution in [0, 0.1) is 0 Å². The molecule has 2 saturated heterocycles. The standard InChI is InChI=1S/C13H26N2O/c1-10(2)16-7-6-15(3)13-8-11-4-5-12(9-13)14-11/h10-14H,4-9H2,1-3H3. The van der Waals surface area contributed by atoms with E-state index in [4.69, 9.17) is 4.74 Å². The van der Waals surface area contributed by atoms with E-state index < -0.39 is 0 Å². The van der Waals surface area contributed by atoms with Crippen LogP contribution in [0.5, 0.6) is 0 Å². The molecule has 1 N–H and O–H groups in total. The molecule has 2 rings (SSSR count). The first kappa shape index (κ1) is 12.3. The number of piperidine rings is 1. The lowest BCUT2D eigenvalue weighted by Gasteiger charge is -2.35. The molecule has 2 bridgehead atoms. The highest BCUT2D eigenvalue weighted by Crippen LogP contribution is 2.29. The van der Waals surface area contributed by atoms with Gasteiger partial charge in [-0.3, -0.25) is 0 Å². The summed E-state index contributed by atoms with van der Waals surface area (Å²) in [5.41, 5.74) is 0. The van der Waals surface area contributed by atoms with Crippen molar-refractivity contribution in [3.8, 4) is 0 Å². The number of likely N-dealkylation sites (N-methyl/N-ethyl adjacent to an activating group) is 1. The van der Waals surface area contributed by atoms with Gasteiger partial charge in [-0.25, -0.2) is 0 Å². The molecule has 2 heterocycles. The summed E-state index contributed by atoms with van der Waals surface area (Å²) >= 11 is 0. The molecule has 0 saturated carbocycles. The third kappa shape index (κ3) is 3.19. The second-order valence-electron chi connectivity index (χ2n) is 5.66. The number of rotatable bonds is 5. The van der Waals surface area contributed by atoms with Gasteiger partial charge in [0.1, 0.15) is 0 Å². The predicted octanol–water partition coefficient (Wildman–Crippen LogP) is 1.63. The van der Waals surface area contributed by atoms with Crippen LogP contribution in [-0.4, -0.2) is 49.3 Å². The summed E-state index contributed by atoms with van der Waals surface area (Å²) in [7, 11) is 2.25. The van der Waals surface area contributed by atoms with Crippen LogP contribution in [-0.2, 0) is 4.74 Å². The molecule has 16 heavy (non-hydrogen) atoms. The zero-order chi connectivity index (χ0) is 11.5. The Hall–Kier alpha value is -0.120. The normalized spacial score (nSPS) is 33.9. The molecular formula is C13H26N2O. The molecule has 0 aromatic heterocycles. The highest BCUT2D eigenvalue weighted by atomic mass is 16.5. The maximum atomic E-state index is 5.62. The van der Waals surface area contributed by atoms with Crippen LogP contribution in [0.1, 0.15) is 39.5 Å². The van der Waals surface area contributed by atoms with Crippen LogP contribution in [0.3, 0.4) is 0 Å². The Labute approximate surface area is 99.5 Å². The molecule has 3 heteroatoms. The molecule has 2 aliphatic rings. The Balaban J connectivity index is 1.70. The zero-order valence-electron chi connectivity index (χ0n) is 10.9. The van der Waals surface area contributed by atoms with E-state index in [1.165, 1.54) is 25.7 Å². The van der Waals surface area contributed by atoms with Crippen molar-refractivity contribution < 1.29 is 4.74 Å². The Morgan fingerprint density at radius 3 is 2.44 bits per heavy atom. The molecule has 2 unspecified atom stereocenters. The van der Waals surface area contributed by atoms with E-state index in [9.17, 15) is 0 Å². The minimum Gasteiger partial charge on any atom is -0.377 e. The topological polar surface area (TPSA) is 24.5 Å². The van der Waals surface area contributed by atoms with Crippen LogP contribution in [0.2, 0.25) is 0 Å². The van der Waals surface area contributed by atoms with Gasteiger partial charge in [-0.2, -0.15) is 0 Å². The van der Waals surface area contributed by atoms with Crippen molar-refractivity contribution in [3.63, 3.8) is 0 Å². The smallest absolute Gasteiger partial charge is 0.0596 e. The zero-order valence-corrected chi connectivity index (χ0v) is 10.9. The van der Waals surface area contributed by atoms with Gasteiger partial charge < -0.3 is 15.0 Å². The van der Waals surface area contributed by atoms with Crippen LogP contribution in [0.15, 0.2) is 0 Å². The third-order valence-electron chi connectivity index (χ3n) is 3.97. The summed E-state index contributed by atoms with van der Waals surface area (Å²) in [6.07, 6.45) is 5.79. The second-order valence-corrected chi connectivity index (χ2v) is 5.66. The van der Waals surface area contributed by atoms with E-state index in [1.54, 1.807) is 0 Å². The summed E-state index contributed by atoms with van der Waals surface area (Å²) in [6, 6.07) is 2.35. The van der Waals surface area contributed by atoms with Crippen LogP contribution in [0.25, 0.3) is 0 Å². The fourth-order valence-corrected chi connectivity index (χ4v) is 3.00. The molecule has 94 valence electrons. The summed E-state index contributed by atoms with van der Waals surface area (Å²) in [6.45, 7) is 6.14. The molecule has 0 aromatic carbocycles. The van der Waals surface area contributed by atoms with E-state index >= 15 is 0 Å². The maximum Gasteiger partial charge on any atom is 0.0596 e. The van der Waals surface area contributed by atoms with Crippen molar-refractivity contribution in [1.29, 1.82) is 0 Å². The average Bonchev–Trinajstić information content (AvgIpc) is 2.57. The highest BCUT2D eigenvalue weighted by Gasteiger charge is 2.34. The molecule has 0 aromatic rings. The van der Waals surface area contributed by atoms with Gasteiger partial charge in [0.2, 0.25) is 0 Å². The quantitative estimate of drug-likeness (QED) is 0.771. The lowest BCUT2D eigenvalue weighted by Crippen LogP contribution is -2.47. The molecule has 2 aliphatic heterocycles. The van der Waals surface area contributed by atoms with E-state index in [1.807, 2.05) is 0 Å². The Morgan fingerprint density at radius 2 is 1.88 bits per heavy atom. The van der Waals surface area contributed by atoms with Gasteiger partial charge in [-0.05, 0) is 46.6 Å². The van der Waals surface area contributed by atoms with Crippen LogP contribution >= 0.6 is 0 Å². The lowest BCUT2D eigenvalue weighted by atomic mass is 9.99. The van der Waals surface area contributed by atoms with Gasteiger partial charge >= 0.3 is 0 Å². The number of hydrogen-bond donors (Lipinski definition) is 1. The summed E-state index contributed by atoms with van der Waals surface area (Å²) < 4.78 is 5.62. The first-order valence-electron chi connectivity index (χ1n) is 6.73. The Kier molecular flexibility index (Phi) is 4.22.